The summed E-state index contributed by atoms with van der Waals surface area (Å²) in [5.74, 6) is 0.876. The molecule has 1 N–H and O–H groups in total. The zero-order chi connectivity index (χ0) is 14.7. The molecule has 1 atom stereocenters. The average molecular weight is 286 g/mol. The quantitative estimate of drug-likeness (QED) is 0.853. The van der Waals surface area contributed by atoms with Crippen LogP contribution in [-0.4, -0.2) is 30.6 Å². The van der Waals surface area contributed by atoms with Gasteiger partial charge in [-0.15, -0.1) is 0 Å². The molecule has 2 aliphatic rings. The highest BCUT2D eigenvalue weighted by molar-refractivity contribution is 5.25. The summed E-state index contributed by atoms with van der Waals surface area (Å²) in [5, 5.41) is 3.99. The van der Waals surface area contributed by atoms with Crippen molar-refractivity contribution in [3.63, 3.8) is 0 Å². The summed E-state index contributed by atoms with van der Waals surface area (Å²) in [5.41, 5.74) is 2.86. The molecule has 1 aromatic rings. The summed E-state index contributed by atoms with van der Waals surface area (Å²) < 4.78 is 0. The van der Waals surface area contributed by atoms with E-state index in [0.717, 1.165) is 5.92 Å². The van der Waals surface area contributed by atoms with Crippen LogP contribution in [0.5, 0.6) is 0 Å². The van der Waals surface area contributed by atoms with E-state index in [4.69, 9.17) is 0 Å². The molecule has 1 saturated carbocycles. The molecule has 0 bridgehead atoms. The average Bonchev–Trinajstić information content (AvgIpc) is 3.33. The van der Waals surface area contributed by atoms with Crippen LogP contribution in [0.4, 0.5) is 0 Å². The van der Waals surface area contributed by atoms with E-state index >= 15 is 0 Å². The van der Waals surface area contributed by atoms with Crippen molar-refractivity contribution < 1.29 is 0 Å². The van der Waals surface area contributed by atoms with Crippen molar-refractivity contribution in [3.8, 4) is 0 Å². The van der Waals surface area contributed by atoms with Crippen LogP contribution in [0.1, 0.15) is 56.2 Å². The van der Waals surface area contributed by atoms with Gasteiger partial charge in [0.05, 0.1) is 0 Å². The molecule has 2 fully saturated rings. The molecular formula is C19H30N2. The third kappa shape index (κ3) is 4.08. The maximum absolute atomic E-state index is 3.99. The molecule has 2 nitrogen and oxygen atoms in total. The summed E-state index contributed by atoms with van der Waals surface area (Å²) in [7, 11) is 0. The minimum Gasteiger partial charge on any atom is -0.307 e. The Balaban J connectivity index is 1.58. The van der Waals surface area contributed by atoms with Crippen molar-refractivity contribution in [1.82, 2.24) is 10.2 Å². The van der Waals surface area contributed by atoms with Crippen molar-refractivity contribution in [1.29, 1.82) is 0 Å². The normalized spacial score (nSPS) is 22.4. The van der Waals surface area contributed by atoms with Gasteiger partial charge in [-0.25, -0.2) is 0 Å². The minimum atomic E-state index is 0.591. The molecule has 0 amide bonds. The van der Waals surface area contributed by atoms with E-state index in [2.05, 4.69) is 48.3 Å². The van der Waals surface area contributed by atoms with E-state index in [1.165, 1.54) is 62.9 Å². The van der Waals surface area contributed by atoms with E-state index in [1.54, 1.807) is 0 Å². The zero-order valence-corrected chi connectivity index (χ0v) is 13.6. The van der Waals surface area contributed by atoms with Crippen LogP contribution in [0.2, 0.25) is 0 Å². The Bertz CT molecular complexity index is 427. The van der Waals surface area contributed by atoms with Gasteiger partial charge in [0.1, 0.15) is 0 Å². The molecule has 21 heavy (non-hydrogen) atoms. The van der Waals surface area contributed by atoms with Crippen molar-refractivity contribution in [2.75, 3.05) is 19.6 Å². The number of nitrogens with zero attached hydrogens (tertiary/aromatic N) is 1. The molecule has 1 heterocycles. The molecular weight excluding hydrogens is 256 g/mol. The van der Waals surface area contributed by atoms with Crippen LogP contribution < -0.4 is 5.32 Å². The molecule has 0 spiro atoms. The predicted molar refractivity (Wildman–Crippen MR) is 89.5 cm³/mol. The van der Waals surface area contributed by atoms with Crippen molar-refractivity contribution in [2.45, 2.75) is 58.0 Å². The number of benzene rings is 1. The van der Waals surface area contributed by atoms with Crippen LogP contribution in [0.3, 0.4) is 0 Å². The highest BCUT2D eigenvalue weighted by atomic mass is 15.1. The van der Waals surface area contributed by atoms with Gasteiger partial charge in [-0.1, -0.05) is 36.8 Å². The van der Waals surface area contributed by atoms with Crippen molar-refractivity contribution in [2.24, 2.45) is 5.92 Å². The zero-order valence-electron chi connectivity index (χ0n) is 13.6. The molecule has 1 aliphatic carbocycles. The Morgan fingerprint density at radius 3 is 2.33 bits per heavy atom. The standard InChI is InChI=1S/C19H30N2/c1-3-12-21-13-10-18(11-14-21)20-19(17-8-9-17)16-6-4-15(2)5-7-16/h4-7,17-20H,3,8-14H2,1-2H3. The molecule has 2 heteroatoms. The lowest BCUT2D eigenvalue weighted by molar-refractivity contribution is 0.188. The van der Waals surface area contributed by atoms with Gasteiger partial charge in [-0.05, 0) is 70.1 Å². The minimum absolute atomic E-state index is 0.591. The van der Waals surface area contributed by atoms with E-state index < -0.39 is 0 Å². The molecule has 1 aliphatic heterocycles. The number of piperidine rings is 1. The molecule has 3 rings (SSSR count). The third-order valence-electron chi connectivity index (χ3n) is 5.07. The summed E-state index contributed by atoms with van der Waals surface area (Å²) in [6.45, 7) is 8.28. The Kier molecular flexibility index (Phi) is 4.97. The maximum Gasteiger partial charge on any atom is 0.0351 e. The lowest BCUT2D eigenvalue weighted by atomic mass is 9.97. The number of likely N-dealkylation sites (tertiary alicyclic amines) is 1. The summed E-state index contributed by atoms with van der Waals surface area (Å²) >= 11 is 0. The number of hydrogen-bond donors (Lipinski definition) is 1. The van der Waals surface area contributed by atoms with Gasteiger partial charge in [0.15, 0.2) is 0 Å². The SMILES string of the molecule is CCCN1CCC(NC(c2ccc(C)cc2)C2CC2)CC1. The summed E-state index contributed by atoms with van der Waals surface area (Å²) in [6, 6.07) is 10.5. The van der Waals surface area contributed by atoms with Gasteiger partial charge in [0.2, 0.25) is 0 Å². The van der Waals surface area contributed by atoms with Gasteiger partial charge in [0, 0.05) is 12.1 Å². The van der Waals surface area contributed by atoms with Crippen LogP contribution in [0.25, 0.3) is 0 Å². The first-order valence-corrected chi connectivity index (χ1v) is 8.81. The third-order valence-corrected chi connectivity index (χ3v) is 5.07. The smallest absolute Gasteiger partial charge is 0.0351 e. The lowest BCUT2D eigenvalue weighted by Gasteiger charge is -2.34. The first kappa shape index (κ1) is 15.1. The summed E-state index contributed by atoms with van der Waals surface area (Å²) in [6.07, 6.45) is 6.72. The molecule has 0 radical (unpaired) electrons. The highest BCUT2D eigenvalue weighted by Gasteiger charge is 2.34. The highest BCUT2D eigenvalue weighted by Crippen LogP contribution is 2.41. The molecule has 1 saturated heterocycles. The number of hydrogen-bond acceptors (Lipinski definition) is 2. The van der Waals surface area contributed by atoms with Gasteiger partial charge in [0.25, 0.3) is 0 Å². The van der Waals surface area contributed by atoms with E-state index in [-0.39, 0.29) is 0 Å². The van der Waals surface area contributed by atoms with Crippen molar-refractivity contribution in [3.05, 3.63) is 35.4 Å². The van der Waals surface area contributed by atoms with Crippen LogP contribution in [-0.2, 0) is 0 Å². The predicted octanol–water partition coefficient (Wildman–Crippen LogP) is 3.91. The van der Waals surface area contributed by atoms with Gasteiger partial charge in [-0.2, -0.15) is 0 Å². The van der Waals surface area contributed by atoms with E-state index in [0.29, 0.717) is 12.1 Å². The Morgan fingerprint density at radius 1 is 1.10 bits per heavy atom. The fourth-order valence-electron chi connectivity index (χ4n) is 3.60. The van der Waals surface area contributed by atoms with E-state index in [1.807, 2.05) is 0 Å². The monoisotopic (exact) mass is 286 g/mol. The molecule has 116 valence electrons. The number of aryl methyl sites for hydroxylation is 1. The van der Waals surface area contributed by atoms with Crippen LogP contribution in [0.15, 0.2) is 24.3 Å². The topological polar surface area (TPSA) is 15.3 Å². The number of rotatable bonds is 6. The van der Waals surface area contributed by atoms with Crippen molar-refractivity contribution >= 4 is 0 Å². The Labute approximate surface area is 129 Å². The van der Waals surface area contributed by atoms with E-state index in [9.17, 15) is 0 Å². The molecule has 0 aromatic heterocycles. The fraction of sp³-hybridized carbons (Fsp3) is 0.684. The lowest BCUT2D eigenvalue weighted by Crippen LogP contribution is -2.44. The second kappa shape index (κ2) is 6.93. The molecule has 1 unspecified atom stereocenters. The van der Waals surface area contributed by atoms with Crippen LogP contribution >= 0.6 is 0 Å². The van der Waals surface area contributed by atoms with Crippen LogP contribution in [0, 0.1) is 12.8 Å². The first-order chi connectivity index (χ1) is 10.3. The van der Waals surface area contributed by atoms with Gasteiger partial charge >= 0.3 is 0 Å². The summed E-state index contributed by atoms with van der Waals surface area (Å²) in [4.78, 5) is 2.62. The first-order valence-electron chi connectivity index (χ1n) is 8.81. The number of nitrogens with one attached hydrogen (secondary N) is 1. The Morgan fingerprint density at radius 2 is 1.76 bits per heavy atom. The van der Waals surface area contributed by atoms with Gasteiger partial charge in [-0.3, -0.25) is 0 Å². The largest absolute Gasteiger partial charge is 0.307 e. The maximum atomic E-state index is 3.99. The molecule has 1 aromatic carbocycles. The van der Waals surface area contributed by atoms with Gasteiger partial charge < -0.3 is 10.2 Å². The Hall–Kier alpha value is -0.860. The second-order valence-electron chi connectivity index (χ2n) is 7.01. The fourth-order valence-corrected chi connectivity index (χ4v) is 3.60. The second-order valence-corrected chi connectivity index (χ2v) is 7.01.